The SMILES string of the molecule is Cc1ccc2c(ccn2-c2ccc(C#N)cc2)c1. The second kappa shape index (κ2) is 4.05. The molecule has 0 amide bonds. The van der Waals surface area contributed by atoms with Crippen molar-refractivity contribution >= 4 is 10.9 Å². The first-order valence-corrected chi connectivity index (χ1v) is 5.86. The van der Waals surface area contributed by atoms with Gasteiger partial charge in [-0.15, -0.1) is 0 Å². The Morgan fingerprint density at radius 3 is 2.50 bits per heavy atom. The lowest BCUT2D eigenvalue weighted by atomic mass is 10.2. The van der Waals surface area contributed by atoms with E-state index in [2.05, 4.69) is 48.0 Å². The first-order valence-electron chi connectivity index (χ1n) is 5.86. The van der Waals surface area contributed by atoms with Crippen LogP contribution in [-0.4, -0.2) is 4.57 Å². The number of aryl methyl sites for hydroxylation is 1. The largest absolute Gasteiger partial charge is 0.317 e. The maximum Gasteiger partial charge on any atom is 0.0991 e. The van der Waals surface area contributed by atoms with Crippen molar-refractivity contribution in [1.82, 2.24) is 4.57 Å². The van der Waals surface area contributed by atoms with Gasteiger partial charge in [0.25, 0.3) is 0 Å². The van der Waals surface area contributed by atoms with Gasteiger partial charge < -0.3 is 4.57 Å². The van der Waals surface area contributed by atoms with Gasteiger partial charge in [0, 0.05) is 17.3 Å². The number of nitriles is 1. The van der Waals surface area contributed by atoms with Gasteiger partial charge in [-0.3, -0.25) is 0 Å². The average molecular weight is 232 g/mol. The smallest absolute Gasteiger partial charge is 0.0991 e. The average Bonchev–Trinajstić information content (AvgIpc) is 2.81. The summed E-state index contributed by atoms with van der Waals surface area (Å²) in [5.41, 5.74) is 4.21. The molecule has 0 saturated carbocycles. The van der Waals surface area contributed by atoms with Crippen molar-refractivity contribution < 1.29 is 0 Å². The number of hydrogen-bond acceptors (Lipinski definition) is 1. The van der Waals surface area contributed by atoms with Gasteiger partial charge in [0.15, 0.2) is 0 Å². The molecular weight excluding hydrogens is 220 g/mol. The van der Waals surface area contributed by atoms with Crippen LogP contribution in [-0.2, 0) is 0 Å². The monoisotopic (exact) mass is 232 g/mol. The van der Waals surface area contributed by atoms with E-state index in [4.69, 9.17) is 5.26 Å². The van der Waals surface area contributed by atoms with Gasteiger partial charge >= 0.3 is 0 Å². The van der Waals surface area contributed by atoms with Crippen molar-refractivity contribution in [2.24, 2.45) is 0 Å². The minimum absolute atomic E-state index is 0.686. The highest BCUT2D eigenvalue weighted by Gasteiger charge is 2.03. The molecule has 86 valence electrons. The lowest BCUT2D eigenvalue weighted by Crippen LogP contribution is -1.91. The molecule has 0 aliphatic rings. The molecule has 0 radical (unpaired) electrons. The summed E-state index contributed by atoms with van der Waals surface area (Å²) in [4.78, 5) is 0. The van der Waals surface area contributed by atoms with Crippen LogP contribution in [0.5, 0.6) is 0 Å². The van der Waals surface area contributed by atoms with Gasteiger partial charge in [-0.05, 0) is 49.4 Å². The number of aromatic nitrogens is 1. The van der Waals surface area contributed by atoms with Gasteiger partial charge in [0.1, 0.15) is 0 Å². The number of nitrogens with zero attached hydrogens (tertiary/aromatic N) is 2. The molecule has 0 unspecified atom stereocenters. The van der Waals surface area contributed by atoms with Crippen molar-refractivity contribution in [1.29, 1.82) is 5.26 Å². The standard InChI is InChI=1S/C16H12N2/c1-12-2-7-16-14(10-12)8-9-18(16)15-5-3-13(11-17)4-6-15/h2-10H,1H3. The van der Waals surface area contributed by atoms with Gasteiger partial charge in [-0.25, -0.2) is 0 Å². The van der Waals surface area contributed by atoms with E-state index < -0.39 is 0 Å². The third-order valence-corrected chi connectivity index (χ3v) is 3.12. The summed E-state index contributed by atoms with van der Waals surface area (Å²) in [5.74, 6) is 0. The highest BCUT2D eigenvalue weighted by atomic mass is 15.0. The third-order valence-electron chi connectivity index (χ3n) is 3.12. The Kier molecular flexibility index (Phi) is 2.39. The Morgan fingerprint density at radius 1 is 1.00 bits per heavy atom. The molecule has 3 aromatic rings. The fourth-order valence-corrected chi connectivity index (χ4v) is 2.18. The topological polar surface area (TPSA) is 28.7 Å². The molecule has 2 heteroatoms. The summed E-state index contributed by atoms with van der Waals surface area (Å²) >= 11 is 0. The van der Waals surface area contributed by atoms with E-state index in [1.165, 1.54) is 16.5 Å². The van der Waals surface area contributed by atoms with Crippen LogP contribution in [0.3, 0.4) is 0 Å². The number of hydrogen-bond donors (Lipinski definition) is 0. The zero-order valence-corrected chi connectivity index (χ0v) is 10.1. The summed E-state index contributed by atoms with van der Waals surface area (Å²) < 4.78 is 2.13. The molecule has 1 heterocycles. The maximum absolute atomic E-state index is 8.80. The fraction of sp³-hybridized carbons (Fsp3) is 0.0625. The van der Waals surface area contributed by atoms with Crippen LogP contribution in [0.1, 0.15) is 11.1 Å². The molecule has 0 spiro atoms. The van der Waals surface area contributed by atoms with Crippen LogP contribution in [0.4, 0.5) is 0 Å². The minimum atomic E-state index is 0.686. The molecule has 1 aromatic heterocycles. The Bertz CT molecular complexity index is 743. The molecule has 0 saturated heterocycles. The third kappa shape index (κ3) is 1.66. The molecule has 18 heavy (non-hydrogen) atoms. The number of fused-ring (bicyclic) bond motifs is 1. The second-order valence-corrected chi connectivity index (χ2v) is 4.41. The van der Waals surface area contributed by atoms with E-state index in [9.17, 15) is 0 Å². The zero-order chi connectivity index (χ0) is 12.5. The lowest BCUT2D eigenvalue weighted by molar-refractivity contribution is 1.13. The summed E-state index contributed by atoms with van der Waals surface area (Å²) in [5, 5.41) is 10.0. The van der Waals surface area contributed by atoms with Crippen molar-refractivity contribution in [2.45, 2.75) is 6.92 Å². The fourth-order valence-electron chi connectivity index (χ4n) is 2.18. The first kappa shape index (κ1) is 10.6. The Balaban J connectivity index is 2.16. The van der Waals surface area contributed by atoms with E-state index in [0.717, 1.165) is 5.69 Å². The van der Waals surface area contributed by atoms with Crippen LogP contribution in [0.2, 0.25) is 0 Å². The minimum Gasteiger partial charge on any atom is -0.317 e. The van der Waals surface area contributed by atoms with Gasteiger partial charge in [-0.1, -0.05) is 11.6 Å². The van der Waals surface area contributed by atoms with Crippen molar-refractivity contribution in [3.63, 3.8) is 0 Å². The van der Waals surface area contributed by atoms with E-state index in [-0.39, 0.29) is 0 Å². The molecule has 3 rings (SSSR count). The predicted octanol–water partition coefficient (Wildman–Crippen LogP) is 3.81. The molecule has 0 bridgehead atoms. The number of rotatable bonds is 1. The highest BCUT2D eigenvalue weighted by molar-refractivity contribution is 5.82. The molecule has 0 aliphatic carbocycles. The number of benzene rings is 2. The predicted molar refractivity (Wildman–Crippen MR) is 72.7 cm³/mol. The quantitative estimate of drug-likeness (QED) is 0.627. The van der Waals surface area contributed by atoms with Crippen molar-refractivity contribution in [3.05, 3.63) is 65.9 Å². The van der Waals surface area contributed by atoms with Gasteiger partial charge in [-0.2, -0.15) is 5.26 Å². The summed E-state index contributed by atoms with van der Waals surface area (Å²) in [7, 11) is 0. The zero-order valence-electron chi connectivity index (χ0n) is 10.1. The van der Waals surface area contributed by atoms with E-state index in [0.29, 0.717) is 5.56 Å². The Morgan fingerprint density at radius 2 is 1.78 bits per heavy atom. The molecule has 2 aromatic carbocycles. The maximum atomic E-state index is 8.80. The van der Waals surface area contributed by atoms with Crippen LogP contribution in [0.25, 0.3) is 16.6 Å². The highest BCUT2D eigenvalue weighted by Crippen LogP contribution is 2.21. The van der Waals surface area contributed by atoms with Crippen molar-refractivity contribution in [3.8, 4) is 11.8 Å². The Labute approximate surface area is 106 Å². The molecule has 0 fully saturated rings. The Hall–Kier alpha value is -2.53. The normalized spacial score (nSPS) is 10.4. The van der Waals surface area contributed by atoms with Crippen LogP contribution in [0, 0.1) is 18.3 Å². The van der Waals surface area contributed by atoms with Crippen LogP contribution < -0.4 is 0 Å². The van der Waals surface area contributed by atoms with E-state index in [1.54, 1.807) is 0 Å². The first-order chi connectivity index (χ1) is 8.78. The second-order valence-electron chi connectivity index (χ2n) is 4.41. The summed E-state index contributed by atoms with van der Waals surface area (Å²) in [6, 6.07) is 18.3. The van der Waals surface area contributed by atoms with Gasteiger partial charge in [0.05, 0.1) is 17.1 Å². The molecule has 0 atom stereocenters. The molecule has 0 N–H and O–H groups in total. The molecule has 0 aliphatic heterocycles. The summed E-state index contributed by atoms with van der Waals surface area (Å²) in [6.07, 6.45) is 2.06. The van der Waals surface area contributed by atoms with Crippen molar-refractivity contribution in [2.75, 3.05) is 0 Å². The van der Waals surface area contributed by atoms with E-state index >= 15 is 0 Å². The molecule has 2 nitrogen and oxygen atoms in total. The summed E-state index contributed by atoms with van der Waals surface area (Å²) in [6.45, 7) is 2.10. The van der Waals surface area contributed by atoms with Crippen LogP contribution in [0.15, 0.2) is 54.7 Å². The van der Waals surface area contributed by atoms with Crippen LogP contribution >= 0.6 is 0 Å². The van der Waals surface area contributed by atoms with Gasteiger partial charge in [0.2, 0.25) is 0 Å². The lowest BCUT2D eigenvalue weighted by Gasteiger charge is -2.05. The van der Waals surface area contributed by atoms with E-state index in [1.807, 2.05) is 24.3 Å². The molecular formula is C16H12N2.